The van der Waals surface area contributed by atoms with Crippen LogP contribution in [0.25, 0.3) is 0 Å². The van der Waals surface area contributed by atoms with Gasteiger partial charge >= 0.3 is 0 Å². The summed E-state index contributed by atoms with van der Waals surface area (Å²) >= 11 is 0. The second-order valence-electron chi connectivity index (χ2n) is 6.69. The summed E-state index contributed by atoms with van der Waals surface area (Å²) in [4.78, 5) is 0. The number of ether oxygens (including phenoxy) is 1. The number of piperidine rings is 1. The zero-order chi connectivity index (χ0) is 16.6. The third-order valence-electron chi connectivity index (χ3n) is 4.82. The number of aryl methyl sites for hydroxylation is 1. The zero-order valence-corrected chi connectivity index (χ0v) is 14.9. The minimum absolute atomic E-state index is 0.0473. The number of nitrogens with zero attached hydrogens (tertiary/aromatic N) is 4. The van der Waals surface area contributed by atoms with Gasteiger partial charge in [0, 0.05) is 38.9 Å². The molecule has 2 unspecified atom stereocenters. The van der Waals surface area contributed by atoms with E-state index in [0.717, 1.165) is 12.8 Å². The SMILES string of the molecule is CC1CN(S(=O)(=O)N2CCC(c3cnn(C)c3)CC2)C(C)CO1. The van der Waals surface area contributed by atoms with Crippen molar-refractivity contribution in [2.24, 2.45) is 7.05 Å². The van der Waals surface area contributed by atoms with Gasteiger partial charge in [-0.3, -0.25) is 4.68 Å². The first kappa shape index (κ1) is 16.9. The highest BCUT2D eigenvalue weighted by Crippen LogP contribution is 2.30. The topological polar surface area (TPSA) is 67.7 Å². The molecule has 2 aliphatic rings. The second kappa shape index (κ2) is 6.51. The van der Waals surface area contributed by atoms with Crippen molar-refractivity contribution in [3.63, 3.8) is 0 Å². The summed E-state index contributed by atoms with van der Waals surface area (Å²) in [5.41, 5.74) is 1.21. The summed E-state index contributed by atoms with van der Waals surface area (Å²) in [6.45, 7) is 5.87. The van der Waals surface area contributed by atoms with E-state index >= 15 is 0 Å². The predicted octanol–water partition coefficient (Wildman–Crippen LogP) is 0.953. The van der Waals surface area contributed by atoms with E-state index in [1.165, 1.54) is 5.56 Å². The first-order valence-electron chi connectivity index (χ1n) is 8.25. The summed E-state index contributed by atoms with van der Waals surface area (Å²) in [5, 5.41) is 4.21. The monoisotopic (exact) mass is 342 g/mol. The second-order valence-corrected chi connectivity index (χ2v) is 8.57. The number of hydrogen-bond donors (Lipinski definition) is 0. The molecule has 3 rings (SSSR count). The molecule has 0 aromatic carbocycles. The normalized spacial score (nSPS) is 29.0. The summed E-state index contributed by atoms with van der Waals surface area (Å²) in [6.07, 6.45) is 5.56. The Labute approximate surface area is 138 Å². The van der Waals surface area contributed by atoms with Crippen LogP contribution in [-0.4, -0.2) is 65.2 Å². The average molecular weight is 342 g/mol. The molecule has 0 amide bonds. The van der Waals surface area contributed by atoms with Gasteiger partial charge in [0.15, 0.2) is 0 Å². The van der Waals surface area contributed by atoms with Crippen LogP contribution in [0.5, 0.6) is 0 Å². The number of morpholine rings is 1. The molecule has 2 fully saturated rings. The average Bonchev–Trinajstić information content (AvgIpc) is 2.96. The molecule has 130 valence electrons. The smallest absolute Gasteiger partial charge is 0.282 e. The molecule has 0 saturated carbocycles. The van der Waals surface area contributed by atoms with Crippen LogP contribution < -0.4 is 0 Å². The number of rotatable bonds is 3. The molecular weight excluding hydrogens is 316 g/mol. The maximum atomic E-state index is 12.9. The lowest BCUT2D eigenvalue weighted by Gasteiger charge is -2.40. The lowest BCUT2D eigenvalue weighted by atomic mass is 9.93. The Hall–Kier alpha value is -0.960. The highest BCUT2D eigenvalue weighted by molar-refractivity contribution is 7.86. The Bertz CT molecular complexity index is 637. The van der Waals surface area contributed by atoms with Crippen LogP contribution >= 0.6 is 0 Å². The first-order chi connectivity index (χ1) is 10.9. The van der Waals surface area contributed by atoms with Gasteiger partial charge < -0.3 is 4.74 Å². The molecule has 23 heavy (non-hydrogen) atoms. The van der Waals surface area contributed by atoms with E-state index in [2.05, 4.69) is 5.10 Å². The van der Waals surface area contributed by atoms with Gasteiger partial charge in [-0.05, 0) is 38.2 Å². The van der Waals surface area contributed by atoms with Crippen LogP contribution in [0, 0.1) is 0 Å². The van der Waals surface area contributed by atoms with Crippen molar-refractivity contribution in [2.45, 2.75) is 44.8 Å². The van der Waals surface area contributed by atoms with Gasteiger partial charge in [-0.2, -0.15) is 22.1 Å². The molecule has 8 heteroatoms. The Balaban J connectivity index is 1.66. The molecule has 0 N–H and O–H groups in total. The fourth-order valence-electron chi connectivity index (χ4n) is 3.41. The van der Waals surface area contributed by atoms with Crippen molar-refractivity contribution < 1.29 is 13.2 Å². The van der Waals surface area contributed by atoms with Crippen molar-refractivity contribution >= 4 is 10.2 Å². The standard InChI is InChI=1S/C15H26N4O3S/c1-12-11-22-13(2)9-19(12)23(20,21)18-6-4-14(5-7-18)15-8-16-17(3)10-15/h8,10,12-14H,4-7,9,11H2,1-3H3. The zero-order valence-electron chi connectivity index (χ0n) is 14.1. The van der Waals surface area contributed by atoms with Crippen molar-refractivity contribution in [1.82, 2.24) is 18.4 Å². The molecular formula is C15H26N4O3S. The van der Waals surface area contributed by atoms with Crippen LogP contribution in [0.3, 0.4) is 0 Å². The van der Waals surface area contributed by atoms with Crippen molar-refractivity contribution in [2.75, 3.05) is 26.2 Å². The molecule has 0 spiro atoms. The maximum absolute atomic E-state index is 12.9. The van der Waals surface area contributed by atoms with Gasteiger partial charge in [0.2, 0.25) is 0 Å². The molecule has 2 aliphatic heterocycles. The first-order valence-corrected chi connectivity index (χ1v) is 9.64. The number of hydrogen-bond acceptors (Lipinski definition) is 4. The molecule has 0 aliphatic carbocycles. The maximum Gasteiger partial charge on any atom is 0.282 e. The molecule has 7 nitrogen and oxygen atoms in total. The van der Waals surface area contributed by atoms with Gasteiger partial charge in [0.25, 0.3) is 10.2 Å². The fourth-order valence-corrected chi connectivity index (χ4v) is 5.30. The molecule has 0 bridgehead atoms. The lowest BCUT2D eigenvalue weighted by Crippen LogP contribution is -2.55. The molecule has 1 aromatic heterocycles. The third-order valence-corrected chi connectivity index (χ3v) is 6.94. The summed E-state index contributed by atoms with van der Waals surface area (Å²) in [5.74, 6) is 0.399. The minimum Gasteiger partial charge on any atom is -0.375 e. The van der Waals surface area contributed by atoms with Gasteiger partial charge in [0.05, 0.1) is 18.9 Å². The molecule has 2 saturated heterocycles. The summed E-state index contributed by atoms with van der Waals surface area (Å²) < 4.78 is 36.4. The van der Waals surface area contributed by atoms with Gasteiger partial charge in [-0.1, -0.05) is 0 Å². The molecule has 3 heterocycles. The summed E-state index contributed by atoms with van der Waals surface area (Å²) in [7, 11) is -1.49. The quantitative estimate of drug-likeness (QED) is 0.820. The highest BCUT2D eigenvalue weighted by Gasteiger charge is 2.38. The largest absolute Gasteiger partial charge is 0.375 e. The number of aromatic nitrogens is 2. The van der Waals surface area contributed by atoms with Crippen LogP contribution in [0.2, 0.25) is 0 Å². The van der Waals surface area contributed by atoms with Crippen LogP contribution in [0.1, 0.15) is 38.2 Å². The molecule has 0 radical (unpaired) electrons. The van der Waals surface area contributed by atoms with Gasteiger partial charge in [-0.15, -0.1) is 0 Å². The van der Waals surface area contributed by atoms with E-state index < -0.39 is 10.2 Å². The Morgan fingerprint density at radius 2 is 1.96 bits per heavy atom. The van der Waals surface area contributed by atoms with Gasteiger partial charge in [-0.25, -0.2) is 0 Å². The lowest BCUT2D eigenvalue weighted by molar-refractivity contribution is -0.0193. The van der Waals surface area contributed by atoms with E-state index in [1.807, 2.05) is 33.3 Å². The Morgan fingerprint density at radius 3 is 2.57 bits per heavy atom. The van der Waals surface area contributed by atoms with Gasteiger partial charge in [0.1, 0.15) is 0 Å². The van der Waals surface area contributed by atoms with E-state index in [-0.39, 0.29) is 12.1 Å². The van der Waals surface area contributed by atoms with Crippen molar-refractivity contribution in [3.8, 4) is 0 Å². The van der Waals surface area contributed by atoms with Crippen molar-refractivity contribution in [3.05, 3.63) is 18.0 Å². The summed E-state index contributed by atoms with van der Waals surface area (Å²) in [6, 6.07) is -0.104. The van der Waals surface area contributed by atoms with E-state index in [4.69, 9.17) is 4.74 Å². The third kappa shape index (κ3) is 3.45. The van der Waals surface area contributed by atoms with E-state index in [9.17, 15) is 8.42 Å². The Kier molecular flexibility index (Phi) is 4.78. The van der Waals surface area contributed by atoms with Crippen LogP contribution in [-0.2, 0) is 22.0 Å². The van der Waals surface area contributed by atoms with Crippen molar-refractivity contribution in [1.29, 1.82) is 0 Å². The van der Waals surface area contributed by atoms with E-state index in [1.54, 1.807) is 13.3 Å². The Morgan fingerprint density at radius 1 is 1.26 bits per heavy atom. The predicted molar refractivity (Wildman–Crippen MR) is 87.3 cm³/mol. The van der Waals surface area contributed by atoms with E-state index in [0.29, 0.717) is 32.2 Å². The fraction of sp³-hybridized carbons (Fsp3) is 0.800. The van der Waals surface area contributed by atoms with Crippen LogP contribution in [0.4, 0.5) is 0 Å². The molecule has 2 atom stereocenters. The minimum atomic E-state index is -3.40. The van der Waals surface area contributed by atoms with Crippen LogP contribution in [0.15, 0.2) is 12.4 Å². The molecule has 1 aromatic rings. The highest BCUT2D eigenvalue weighted by atomic mass is 32.2.